The molecule has 0 spiro atoms. The number of aromatic nitrogens is 2. The molecule has 1 N–H and O–H groups in total. The van der Waals surface area contributed by atoms with Crippen LogP contribution >= 0.6 is 23.1 Å². The zero-order chi connectivity index (χ0) is 23.5. The molecule has 33 heavy (non-hydrogen) atoms. The van der Waals surface area contributed by atoms with Gasteiger partial charge in [0, 0.05) is 0 Å². The van der Waals surface area contributed by atoms with E-state index < -0.39 is 0 Å². The lowest BCUT2D eigenvalue weighted by molar-refractivity contribution is -0.118. The number of nitrogens with one attached hydrogen (secondary N) is 1. The van der Waals surface area contributed by atoms with Gasteiger partial charge >= 0.3 is 0 Å². The van der Waals surface area contributed by atoms with Crippen LogP contribution in [0.4, 0.5) is 0 Å². The Balaban J connectivity index is 1.37. The van der Waals surface area contributed by atoms with E-state index in [0.717, 1.165) is 27.1 Å². The van der Waals surface area contributed by atoms with Crippen molar-refractivity contribution in [1.29, 1.82) is 0 Å². The van der Waals surface area contributed by atoms with E-state index in [1.54, 1.807) is 6.21 Å². The molecule has 0 aliphatic rings. The van der Waals surface area contributed by atoms with Gasteiger partial charge in [0.25, 0.3) is 5.91 Å². The first-order valence-electron chi connectivity index (χ1n) is 10.7. The van der Waals surface area contributed by atoms with Crippen LogP contribution in [-0.4, -0.2) is 41.3 Å². The number of hydrazone groups is 1. The average molecular weight is 485 g/mol. The monoisotopic (exact) mass is 484 g/mol. The zero-order valence-electron chi connectivity index (χ0n) is 19.0. The summed E-state index contributed by atoms with van der Waals surface area (Å²) in [6.45, 7) is 7.16. The quantitative estimate of drug-likeness (QED) is 0.167. The van der Waals surface area contributed by atoms with Gasteiger partial charge in [-0.1, -0.05) is 61.2 Å². The van der Waals surface area contributed by atoms with Crippen molar-refractivity contribution in [2.24, 2.45) is 5.10 Å². The minimum atomic E-state index is -0.203. The Morgan fingerprint density at radius 3 is 2.61 bits per heavy atom. The van der Waals surface area contributed by atoms with Crippen molar-refractivity contribution in [1.82, 2.24) is 15.6 Å². The number of amides is 1. The van der Waals surface area contributed by atoms with Gasteiger partial charge in [0.15, 0.2) is 4.34 Å². The molecule has 7 nitrogen and oxygen atoms in total. The van der Waals surface area contributed by atoms with Crippen LogP contribution in [0.2, 0.25) is 0 Å². The Labute approximate surface area is 202 Å². The van der Waals surface area contributed by atoms with Crippen LogP contribution in [0.3, 0.4) is 0 Å². The first-order valence-corrected chi connectivity index (χ1v) is 12.5. The Bertz CT molecular complexity index is 1050. The Morgan fingerprint density at radius 2 is 1.91 bits per heavy atom. The summed E-state index contributed by atoms with van der Waals surface area (Å²) in [7, 11) is 0. The maximum atomic E-state index is 11.9. The lowest BCUT2D eigenvalue weighted by Crippen LogP contribution is -2.19. The molecule has 0 aliphatic carbocycles. The van der Waals surface area contributed by atoms with Crippen molar-refractivity contribution in [3.8, 4) is 11.5 Å². The van der Waals surface area contributed by atoms with Crippen LogP contribution in [0.5, 0.6) is 11.5 Å². The fraction of sp³-hybridized carbons (Fsp3) is 0.333. The maximum absolute atomic E-state index is 11.9. The second-order valence-corrected chi connectivity index (χ2v) is 9.72. The average Bonchev–Trinajstić information content (AvgIpc) is 3.26. The molecule has 0 radical (unpaired) electrons. The van der Waals surface area contributed by atoms with Gasteiger partial charge in [-0.05, 0) is 54.7 Å². The van der Waals surface area contributed by atoms with Gasteiger partial charge < -0.3 is 9.47 Å². The van der Waals surface area contributed by atoms with E-state index >= 15 is 0 Å². The summed E-state index contributed by atoms with van der Waals surface area (Å²) < 4.78 is 12.3. The lowest BCUT2D eigenvalue weighted by Gasteiger charge is -2.11. The summed E-state index contributed by atoms with van der Waals surface area (Å²) in [5.74, 6) is 2.13. The minimum absolute atomic E-state index is 0.203. The second-order valence-electron chi connectivity index (χ2n) is 7.32. The second kappa shape index (κ2) is 13.0. The smallest absolute Gasteiger partial charge is 0.250 e. The molecule has 0 saturated heterocycles. The number of thioether (sulfide) groups is 1. The molecule has 1 amide bonds. The van der Waals surface area contributed by atoms with Crippen LogP contribution in [0.15, 0.2) is 58.0 Å². The van der Waals surface area contributed by atoms with Crippen LogP contribution < -0.4 is 14.9 Å². The molecule has 3 aromatic rings. The van der Waals surface area contributed by atoms with E-state index in [0.29, 0.717) is 24.9 Å². The molecule has 1 atom stereocenters. The molecular weight excluding hydrogens is 456 g/mol. The summed E-state index contributed by atoms with van der Waals surface area (Å²) in [5, 5.41) is 12.8. The fourth-order valence-corrected chi connectivity index (χ4v) is 4.42. The van der Waals surface area contributed by atoms with E-state index in [1.807, 2.05) is 43.3 Å². The van der Waals surface area contributed by atoms with Crippen molar-refractivity contribution in [3.05, 3.63) is 64.7 Å². The molecule has 0 aliphatic heterocycles. The molecule has 0 bridgehead atoms. The summed E-state index contributed by atoms with van der Waals surface area (Å²) in [6.07, 6.45) is 2.70. The third-order valence-corrected chi connectivity index (χ3v) is 6.75. The van der Waals surface area contributed by atoms with Crippen molar-refractivity contribution in [2.45, 2.75) is 37.4 Å². The highest BCUT2D eigenvalue weighted by Crippen LogP contribution is 2.22. The third kappa shape index (κ3) is 8.51. The minimum Gasteiger partial charge on any atom is -0.490 e. The first kappa shape index (κ1) is 24.7. The number of carbonyl (C=O) groups excluding carboxylic acids is 1. The van der Waals surface area contributed by atoms with Gasteiger partial charge in [-0.3, -0.25) is 4.79 Å². The van der Waals surface area contributed by atoms with Gasteiger partial charge in [-0.2, -0.15) is 5.10 Å². The number of hydrogen-bond donors (Lipinski definition) is 1. The number of ether oxygens (including phenoxy) is 2. The SMILES string of the molecule is CC[C@@H](C)c1ccc(OCCOc2cccc(/C=N\NC(=O)CSc3nnc(C)s3)c2)cc1. The number of aryl methyl sites for hydroxylation is 1. The normalized spacial score (nSPS) is 12.0. The maximum Gasteiger partial charge on any atom is 0.250 e. The van der Waals surface area contributed by atoms with E-state index in [1.165, 1.54) is 28.7 Å². The van der Waals surface area contributed by atoms with Gasteiger partial charge in [0.1, 0.15) is 29.7 Å². The largest absolute Gasteiger partial charge is 0.490 e. The molecule has 0 unspecified atom stereocenters. The van der Waals surface area contributed by atoms with E-state index in [-0.39, 0.29) is 11.7 Å². The lowest BCUT2D eigenvalue weighted by atomic mass is 9.99. The van der Waals surface area contributed by atoms with Crippen molar-refractivity contribution in [2.75, 3.05) is 19.0 Å². The standard InChI is InChI=1S/C24H28N4O3S2/c1-4-17(2)20-8-10-21(11-9-20)30-12-13-31-22-7-5-6-19(14-22)15-25-27-23(29)16-32-24-28-26-18(3)33-24/h5-11,14-15,17H,4,12-13,16H2,1-3H3,(H,27,29)/b25-15-/t17-/m1/s1. The Morgan fingerprint density at radius 1 is 1.15 bits per heavy atom. The van der Waals surface area contributed by atoms with Crippen LogP contribution in [0, 0.1) is 6.92 Å². The first-order chi connectivity index (χ1) is 16.0. The predicted octanol–water partition coefficient (Wildman–Crippen LogP) is 5.06. The number of carbonyl (C=O) groups is 1. The van der Waals surface area contributed by atoms with Crippen LogP contribution in [-0.2, 0) is 4.79 Å². The van der Waals surface area contributed by atoms with Gasteiger partial charge in [0.05, 0.1) is 12.0 Å². The molecular formula is C24H28N4O3S2. The fourth-order valence-electron chi connectivity index (χ4n) is 2.81. The number of nitrogens with zero attached hydrogens (tertiary/aromatic N) is 3. The number of benzene rings is 2. The molecule has 174 valence electrons. The summed E-state index contributed by atoms with van der Waals surface area (Å²) in [6, 6.07) is 15.7. The van der Waals surface area contributed by atoms with Gasteiger partial charge in [-0.15, -0.1) is 10.2 Å². The molecule has 1 heterocycles. The van der Waals surface area contributed by atoms with E-state index in [9.17, 15) is 4.79 Å². The molecule has 9 heteroatoms. The Hall–Kier alpha value is -2.91. The van der Waals surface area contributed by atoms with Crippen LogP contribution in [0.25, 0.3) is 0 Å². The topological polar surface area (TPSA) is 85.7 Å². The highest BCUT2D eigenvalue weighted by atomic mass is 32.2. The van der Waals surface area contributed by atoms with Crippen molar-refractivity contribution >= 4 is 35.2 Å². The highest BCUT2D eigenvalue weighted by Gasteiger charge is 2.06. The summed E-state index contributed by atoms with van der Waals surface area (Å²) in [5.41, 5.74) is 4.66. The molecule has 0 saturated carbocycles. The van der Waals surface area contributed by atoms with Crippen molar-refractivity contribution < 1.29 is 14.3 Å². The van der Waals surface area contributed by atoms with Crippen molar-refractivity contribution in [3.63, 3.8) is 0 Å². The zero-order valence-corrected chi connectivity index (χ0v) is 20.6. The van der Waals surface area contributed by atoms with E-state index in [4.69, 9.17) is 9.47 Å². The number of rotatable bonds is 12. The van der Waals surface area contributed by atoms with Crippen LogP contribution in [0.1, 0.15) is 42.3 Å². The Kier molecular flexibility index (Phi) is 9.71. The molecule has 2 aromatic carbocycles. The molecule has 0 fully saturated rings. The predicted molar refractivity (Wildman–Crippen MR) is 134 cm³/mol. The molecule has 3 rings (SSSR count). The van der Waals surface area contributed by atoms with Gasteiger partial charge in [0.2, 0.25) is 0 Å². The van der Waals surface area contributed by atoms with Gasteiger partial charge in [-0.25, -0.2) is 5.43 Å². The summed E-state index contributed by atoms with van der Waals surface area (Å²) in [4.78, 5) is 11.9. The molecule has 1 aromatic heterocycles. The third-order valence-electron chi connectivity index (χ3n) is 4.78. The summed E-state index contributed by atoms with van der Waals surface area (Å²) >= 11 is 2.80. The number of hydrogen-bond acceptors (Lipinski definition) is 8. The highest BCUT2D eigenvalue weighted by molar-refractivity contribution is 8.01. The van der Waals surface area contributed by atoms with E-state index in [2.05, 4.69) is 46.7 Å².